The molecule has 0 radical (unpaired) electrons. The molecule has 3 aliphatic heterocycles. The van der Waals surface area contributed by atoms with Crippen molar-refractivity contribution in [1.29, 1.82) is 0 Å². The second-order valence-corrected chi connectivity index (χ2v) is 10.4. The number of hydrogen-bond donors (Lipinski definition) is 0. The zero-order chi connectivity index (χ0) is 23.2. The zero-order valence-electron chi connectivity index (χ0n) is 17.6. The van der Waals surface area contributed by atoms with Gasteiger partial charge in [0.2, 0.25) is 15.9 Å². The smallest absolute Gasteiger partial charge is 0.251 e. The van der Waals surface area contributed by atoms with Crippen molar-refractivity contribution < 1.29 is 27.5 Å². The maximum absolute atomic E-state index is 13.2. The lowest BCUT2D eigenvalue weighted by molar-refractivity contribution is -0.123. The maximum atomic E-state index is 13.2. The molecule has 11 heteroatoms. The summed E-state index contributed by atoms with van der Waals surface area (Å²) in [5.41, 5.74) is 0.444. The van der Waals surface area contributed by atoms with Gasteiger partial charge in [0.25, 0.3) is 5.91 Å². The lowest BCUT2D eigenvalue weighted by Gasteiger charge is -2.36. The molecule has 1 unspecified atom stereocenters. The first kappa shape index (κ1) is 22.1. The molecule has 3 aliphatic rings. The van der Waals surface area contributed by atoms with E-state index in [1.54, 1.807) is 30.3 Å². The maximum Gasteiger partial charge on any atom is 0.251 e. The first-order valence-corrected chi connectivity index (χ1v) is 12.4. The summed E-state index contributed by atoms with van der Waals surface area (Å²) in [5, 5.41) is 0.439. The van der Waals surface area contributed by atoms with Crippen LogP contribution in [0.4, 0.5) is 5.69 Å². The second kappa shape index (κ2) is 8.60. The largest absolute Gasteiger partial charge is 0.486 e. The highest BCUT2D eigenvalue weighted by molar-refractivity contribution is 7.89. The highest BCUT2D eigenvalue weighted by Gasteiger charge is 2.44. The van der Waals surface area contributed by atoms with Crippen LogP contribution < -0.4 is 14.4 Å². The first-order valence-electron chi connectivity index (χ1n) is 10.6. The number of anilines is 1. The molecule has 0 bridgehead atoms. The minimum atomic E-state index is -3.73. The van der Waals surface area contributed by atoms with Crippen molar-refractivity contribution in [2.75, 3.05) is 44.3 Å². The van der Waals surface area contributed by atoms with E-state index in [2.05, 4.69) is 0 Å². The van der Waals surface area contributed by atoms with Crippen LogP contribution >= 0.6 is 11.6 Å². The number of halogens is 1. The molecule has 9 nitrogen and oxygen atoms in total. The Balaban J connectivity index is 1.27. The van der Waals surface area contributed by atoms with Crippen LogP contribution in [0.2, 0.25) is 5.02 Å². The number of ether oxygens (including phenoxy) is 2. The van der Waals surface area contributed by atoms with Crippen molar-refractivity contribution in [2.24, 2.45) is 0 Å². The van der Waals surface area contributed by atoms with Crippen molar-refractivity contribution in [1.82, 2.24) is 9.21 Å². The molecule has 0 aromatic heterocycles. The molecular weight excluding hydrogens is 470 g/mol. The summed E-state index contributed by atoms with van der Waals surface area (Å²) in [6.45, 7) is 1.92. The van der Waals surface area contributed by atoms with Crippen LogP contribution in [0.3, 0.4) is 0 Å². The summed E-state index contributed by atoms with van der Waals surface area (Å²) < 4.78 is 38.7. The molecule has 2 amide bonds. The van der Waals surface area contributed by atoms with Gasteiger partial charge in [-0.05, 0) is 30.3 Å². The lowest BCUT2D eigenvalue weighted by Crippen LogP contribution is -2.53. The number of fused-ring (bicyclic) bond motifs is 1. The van der Waals surface area contributed by atoms with E-state index in [9.17, 15) is 18.0 Å². The molecule has 0 aliphatic carbocycles. The van der Waals surface area contributed by atoms with E-state index in [1.165, 1.54) is 16.4 Å². The van der Waals surface area contributed by atoms with Crippen molar-refractivity contribution >= 4 is 39.1 Å². The van der Waals surface area contributed by atoms with Crippen molar-refractivity contribution in [3.05, 3.63) is 47.5 Å². The number of nitrogens with zero attached hydrogens (tertiary/aromatic N) is 3. The number of piperazine rings is 1. The van der Waals surface area contributed by atoms with E-state index in [4.69, 9.17) is 21.1 Å². The van der Waals surface area contributed by atoms with E-state index < -0.39 is 16.1 Å². The van der Waals surface area contributed by atoms with Gasteiger partial charge in [0.15, 0.2) is 11.5 Å². The van der Waals surface area contributed by atoms with Crippen molar-refractivity contribution in [3.8, 4) is 11.5 Å². The van der Waals surface area contributed by atoms with Gasteiger partial charge in [-0.25, -0.2) is 13.3 Å². The Kier molecular flexibility index (Phi) is 5.77. The minimum Gasteiger partial charge on any atom is -0.486 e. The number of benzene rings is 2. The van der Waals surface area contributed by atoms with E-state index in [0.29, 0.717) is 48.5 Å². The Hall–Kier alpha value is -2.66. The fourth-order valence-electron chi connectivity index (χ4n) is 4.38. The summed E-state index contributed by atoms with van der Waals surface area (Å²) in [6.07, 6.45) is 0.0558. The quantitative estimate of drug-likeness (QED) is 0.601. The number of rotatable bonds is 4. The molecule has 0 saturated carbocycles. The fraction of sp³-hybridized carbons (Fsp3) is 0.364. The average Bonchev–Trinajstić information content (AvgIpc) is 3.12. The highest BCUT2D eigenvalue weighted by atomic mass is 35.5. The lowest BCUT2D eigenvalue weighted by atomic mass is 10.2. The summed E-state index contributed by atoms with van der Waals surface area (Å²) in [4.78, 5) is 28.8. The minimum absolute atomic E-state index is 0.0558. The molecule has 3 heterocycles. The zero-order valence-corrected chi connectivity index (χ0v) is 19.2. The van der Waals surface area contributed by atoms with E-state index in [1.807, 2.05) is 4.90 Å². The van der Waals surface area contributed by atoms with E-state index in [-0.39, 0.29) is 36.2 Å². The summed E-state index contributed by atoms with van der Waals surface area (Å²) in [5.74, 6) is 0.333. The number of imide groups is 1. The third-order valence-electron chi connectivity index (χ3n) is 6.05. The Labute approximate surface area is 196 Å². The van der Waals surface area contributed by atoms with Gasteiger partial charge in [-0.1, -0.05) is 17.7 Å². The Morgan fingerprint density at radius 1 is 0.909 bits per heavy atom. The van der Waals surface area contributed by atoms with Gasteiger partial charge in [-0.15, -0.1) is 0 Å². The summed E-state index contributed by atoms with van der Waals surface area (Å²) in [6, 6.07) is 10.6. The van der Waals surface area contributed by atoms with E-state index in [0.717, 1.165) is 4.90 Å². The molecule has 0 N–H and O–H groups in total. The highest BCUT2D eigenvalue weighted by Crippen LogP contribution is 2.34. The Bertz CT molecular complexity index is 1210. The Morgan fingerprint density at radius 3 is 2.36 bits per heavy atom. The Morgan fingerprint density at radius 2 is 1.64 bits per heavy atom. The van der Waals surface area contributed by atoms with Gasteiger partial charge in [0.05, 0.1) is 23.0 Å². The van der Waals surface area contributed by atoms with Crippen molar-refractivity contribution in [2.45, 2.75) is 17.4 Å². The number of carbonyl (C=O) groups is 2. The predicted molar refractivity (Wildman–Crippen MR) is 120 cm³/mol. The molecule has 2 saturated heterocycles. The predicted octanol–water partition coefficient (Wildman–Crippen LogP) is 1.75. The average molecular weight is 492 g/mol. The fourth-order valence-corrected chi connectivity index (χ4v) is 6.00. The third-order valence-corrected chi connectivity index (χ3v) is 8.18. The van der Waals surface area contributed by atoms with E-state index >= 15 is 0 Å². The number of amides is 2. The standard InChI is InChI=1S/C22H22ClN3O6S/c23-15-2-1-3-16(12-15)26-21(27)14-18(22(26)28)24-6-8-25(9-7-24)33(29,30)17-4-5-19-20(13-17)32-11-10-31-19/h1-5,12-13,18H,6-11,14H2. The van der Waals surface area contributed by atoms with Crippen molar-refractivity contribution in [3.63, 3.8) is 0 Å². The second-order valence-electron chi connectivity index (χ2n) is 8.01. The van der Waals surface area contributed by atoms with Crippen LogP contribution in [-0.2, 0) is 19.6 Å². The number of sulfonamides is 1. The molecule has 2 fully saturated rings. The van der Waals surface area contributed by atoms with Gasteiger partial charge in [0, 0.05) is 37.3 Å². The first-order chi connectivity index (χ1) is 15.8. The molecule has 2 aromatic carbocycles. The third kappa shape index (κ3) is 4.08. The topological polar surface area (TPSA) is 96.5 Å². The SMILES string of the molecule is O=C1CC(N2CCN(S(=O)(=O)c3ccc4c(c3)OCCO4)CC2)C(=O)N1c1cccc(Cl)c1. The number of carbonyl (C=O) groups excluding carboxylic acids is 2. The molecule has 2 aromatic rings. The monoisotopic (exact) mass is 491 g/mol. The summed E-state index contributed by atoms with van der Waals surface area (Å²) in [7, 11) is -3.73. The van der Waals surface area contributed by atoms with Crippen LogP contribution in [-0.4, -0.2) is 74.9 Å². The molecular formula is C22H22ClN3O6S. The molecule has 0 spiro atoms. The van der Waals surface area contributed by atoms with Crippen LogP contribution in [0.5, 0.6) is 11.5 Å². The van der Waals surface area contributed by atoms with Gasteiger partial charge >= 0.3 is 0 Å². The molecule has 1 atom stereocenters. The van der Waals surface area contributed by atoms with Gasteiger partial charge in [-0.3, -0.25) is 14.5 Å². The van der Waals surface area contributed by atoms with Gasteiger partial charge in [0.1, 0.15) is 13.2 Å². The number of hydrogen-bond acceptors (Lipinski definition) is 7. The van der Waals surface area contributed by atoms with Crippen LogP contribution in [0.1, 0.15) is 6.42 Å². The van der Waals surface area contributed by atoms with Gasteiger partial charge < -0.3 is 9.47 Å². The van der Waals surface area contributed by atoms with Crippen LogP contribution in [0.25, 0.3) is 0 Å². The van der Waals surface area contributed by atoms with Crippen LogP contribution in [0.15, 0.2) is 47.4 Å². The molecule has 174 valence electrons. The molecule has 5 rings (SSSR count). The normalized spacial score (nSPS) is 22.1. The summed E-state index contributed by atoms with van der Waals surface area (Å²) >= 11 is 6.02. The molecule has 33 heavy (non-hydrogen) atoms. The van der Waals surface area contributed by atoms with Gasteiger partial charge in [-0.2, -0.15) is 4.31 Å². The van der Waals surface area contributed by atoms with Crippen LogP contribution in [0, 0.1) is 0 Å².